The van der Waals surface area contributed by atoms with Crippen LogP contribution >= 0.6 is 15.9 Å². The minimum atomic E-state index is 0.262. The van der Waals surface area contributed by atoms with Crippen LogP contribution in [0.25, 0.3) is 0 Å². The lowest BCUT2D eigenvalue weighted by molar-refractivity contribution is 0.0735. The van der Waals surface area contributed by atoms with Gasteiger partial charge in [-0.15, -0.1) is 0 Å². The van der Waals surface area contributed by atoms with Crippen molar-refractivity contribution in [2.24, 2.45) is 17.6 Å². The van der Waals surface area contributed by atoms with Crippen molar-refractivity contribution in [2.75, 3.05) is 6.54 Å². The zero-order valence-corrected chi connectivity index (χ0v) is 12.7. The van der Waals surface area contributed by atoms with E-state index in [2.05, 4.69) is 41.9 Å². The van der Waals surface area contributed by atoms with Crippen molar-refractivity contribution in [2.45, 2.75) is 39.2 Å². The minimum Gasteiger partial charge on any atom is -0.489 e. The monoisotopic (exact) mass is 311 g/mol. The second kappa shape index (κ2) is 6.07. The molecule has 0 aromatic heterocycles. The first-order valence-corrected chi connectivity index (χ1v) is 7.52. The molecule has 0 saturated heterocycles. The highest BCUT2D eigenvalue weighted by molar-refractivity contribution is 9.10. The van der Waals surface area contributed by atoms with E-state index in [0.717, 1.165) is 29.1 Å². The molecule has 0 amide bonds. The third-order valence-corrected chi connectivity index (χ3v) is 4.48. The summed E-state index contributed by atoms with van der Waals surface area (Å²) in [5.41, 5.74) is 7.10. The van der Waals surface area contributed by atoms with Crippen LogP contribution in [0.4, 0.5) is 0 Å². The van der Waals surface area contributed by atoms with Crippen LogP contribution in [0.5, 0.6) is 5.75 Å². The summed E-state index contributed by atoms with van der Waals surface area (Å²) >= 11 is 3.57. The van der Waals surface area contributed by atoms with Gasteiger partial charge in [-0.05, 0) is 65.9 Å². The molecule has 2 N–H and O–H groups in total. The first-order chi connectivity index (χ1) is 8.60. The number of ether oxygens (including phenoxy) is 1. The number of hydrogen-bond acceptors (Lipinski definition) is 2. The Morgan fingerprint density at radius 3 is 2.83 bits per heavy atom. The van der Waals surface area contributed by atoms with Crippen molar-refractivity contribution >= 4 is 15.9 Å². The summed E-state index contributed by atoms with van der Waals surface area (Å²) in [4.78, 5) is 0. The number of aryl methyl sites for hydroxylation is 1. The van der Waals surface area contributed by atoms with Crippen LogP contribution in [0.2, 0.25) is 0 Å². The quantitative estimate of drug-likeness (QED) is 0.919. The van der Waals surface area contributed by atoms with Gasteiger partial charge in [-0.1, -0.05) is 19.4 Å². The normalized spacial score (nSPS) is 28.1. The van der Waals surface area contributed by atoms with Crippen LogP contribution in [0.3, 0.4) is 0 Å². The summed E-state index contributed by atoms with van der Waals surface area (Å²) in [6.07, 6.45) is 3.84. The predicted molar refractivity (Wildman–Crippen MR) is 78.9 cm³/mol. The summed E-state index contributed by atoms with van der Waals surface area (Å²) in [7, 11) is 0. The van der Waals surface area contributed by atoms with Crippen LogP contribution in [0.1, 0.15) is 31.7 Å². The highest BCUT2D eigenvalue weighted by atomic mass is 79.9. The molecule has 1 fully saturated rings. The van der Waals surface area contributed by atoms with Gasteiger partial charge < -0.3 is 10.5 Å². The smallest absolute Gasteiger partial charge is 0.133 e. The number of rotatable bonds is 3. The molecule has 0 spiro atoms. The standard InChI is InChI=1S/C15H22BrNO/c1-10-4-6-14(13(16)7-10)18-15-8-11(2)3-5-12(15)9-17/h4,6-7,11-12,15H,3,5,8-9,17H2,1-2H3. The molecule has 2 nitrogen and oxygen atoms in total. The molecule has 0 bridgehead atoms. The van der Waals surface area contributed by atoms with E-state index in [4.69, 9.17) is 10.5 Å². The van der Waals surface area contributed by atoms with Gasteiger partial charge in [0.2, 0.25) is 0 Å². The van der Waals surface area contributed by atoms with E-state index in [1.54, 1.807) is 0 Å². The van der Waals surface area contributed by atoms with Crippen molar-refractivity contribution in [1.29, 1.82) is 0 Å². The lowest BCUT2D eigenvalue weighted by atomic mass is 9.80. The summed E-state index contributed by atoms with van der Waals surface area (Å²) in [6.45, 7) is 5.11. The summed E-state index contributed by atoms with van der Waals surface area (Å²) in [5.74, 6) is 2.18. The molecule has 100 valence electrons. The summed E-state index contributed by atoms with van der Waals surface area (Å²) < 4.78 is 7.23. The lowest BCUT2D eigenvalue weighted by Gasteiger charge is -2.34. The van der Waals surface area contributed by atoms with Gasteiger partial charge in [-0.25, -0.2) is 0 Å². The first-order valence-electron chi connectivity index (χ1n) is 6.73. The molecule has 0 heterocycles. The second-order valence-electron chi connectivity index (χ2n) is 5.50. The van der Waals surface area contributed by atoms with Crippen molar-refractivity contribution in [3.05, 3.63) is 28.2 Å². The molecule has 1 saturated carbocycles. The maximum atomic E-state index is 6.19. The van der Waals surface area contributed by atoms with Gasteiger partial charge in [0.25, 0.3) is 0 Å². The van der Waals surface area contributed by atoms with Crippen molar-refractivity contribution in [1.82, 2.24) is 0 Å². The van der Waals surface area contributed by atoms with Crippen LogP contribution in [0.15, 0.2) is 22.7 Å². The fourth-order valence-corrected chi connectivity index (χ4v) is 3.26. The molecule has 1 aromatic carbocycles. The molecule has 3 heteroatoms. The zero-order chi connectivity index (χ0) is 13.1. The summed E-state index contributed by atoms with van der Waals surface area (Å²) in [6, 6.07) is 6.23. The van der Waals surface area contributed by atoms with E-state index < -0.39 is 0 Å². The van der Waals surface area contributed by atoms with Crippen LogP contribution in [-0.4, -0.2) is 12.6 Å². The van der Waals surface area contributed by atoms with Crippen molar-refractivity contribution in [3.63, 3.8) is 0 Å². The highest BCUT2D eigenvalue weighted by Gasteiger charge is 2.29. The average molecular weight is 312 g/mol. The minimum absolute atomic E-state index is 0.262. The molecule has 18 heavy (non-hydrogen) atoms. The molecule has 2 rings (SSSR count). The Bertz CT molecular complexity index is 407. The molecule has 1 aliphatic carbocycles. The Balaban J connectivity index is 2.10. The van der Waals surface area contributed by atoms with Crippen molar-refractivity contribution < 1.29 is 4.74 Å². The average Bonchev–Trinajstić information content (AvgIpc) is 2.33. The van der Waals surface area contributed by atoms with Crippen molar-refractivity contribution in [3.8, 4) is 5.75 Å². The van der Waals surface area contributed by atoms with E-state index in [9.17, 15) is 0 Å². The molecular formula is C15H22BrNO. The fourth-order valence-electron chi connectivity index (χ4n) is 2.67. The van der Waals surface area contributed by atoms with E-state index in [1.807, 2.05) is 6.07 Å². The molecular weight excluding hydrogens is 290 g/mol. The van der Waals surface area contributed by atoms with Crippen LogP contribution < -0.4 is 10.5 Å². The zero-order valence-electron chi connectivity index (χ0n) is 11.2. The number of halogens is 1. The summed E-state index contributed by atoms with van der Waals surface area (Å²) in [5, 5.41) is 0. The largest absolute Gasteiger partial charge is 0.489 e. The fraction of sp³-hybridized carbons (Fsp3) is 0.600. The number of hydrogen-bond donors (Lipinski definition) is 1. The van der Waals surface area contributed by atoms with Gasteiger partial charge >= 0.3 is 0 Å². The Morgan fingerprint density at radius 2 is 2.17 bits per heavy atom. The van der Waals surface area contributed by atoms with Crippen LogP contribution in [0, 0.1) is 18.8 Å². The third kappa shape index (κ3) is 3.27. The molecule has 3 atom stereocenters. The highest BCUT2D eigenvalue weighted by Crippen LogP contribution is 2.34. The Kier molecular flexibility index (Phi) is 4.68. The molecule has 1 aliphatic rings. The third-order valence-electron chi connectivity index (χ3n) is 3.86. The first kappa shape index (κ1) is 13.9. The van der Waals surface area contributed by atoms with Gasteiger partial charge in [0.1, 0.15) is 11.9 Å². The maximum Gasteiger partial charge on any atom is 0.133 e. The van der Waals surface area contributed by atoms with E-state index in [-0.39, 0.29) is 6.10 Å². The van der Waals surface area contributed by atoms with Gasteiger partial charge in [0, 0.05) is 5.92 Å². The van der Waals surface area contributed by atoms with E-state index >= 15 is 0 Å². The molecule has 1 aromatic rings. The molecule has 0 radical (unpaired) electrons. The Morgan fingerprint density at radius 1 is 1.39 bits per heavy atom. The second-order valence-corrected chi connectivity index (χ2v) is 6.36. The lowest BCUT2D eigenvalue weighted by Crippen LogP contribution is -2.37. The Hall–Kier alpha value is -0.540. The van der Waals surface area contributed by atoms with E-state index in [1.165, 1.54) is 18.4 Å². The van der Waals surface area contributed by atoms with Gasteiger partial charge in [0.15, 0.2) is 0 Å². The van der Waals surface area contributed by atoms with Gasteiger partial charge in [-0.3, -0.25) is 0 Å². The SMILES string of the molecule is Cc1ccc(OC2CC(C)CCC2CN)c(Br)c1. The molecule has 3 unspecified atom stereocenters. The van der Waals surface area contributed by atoms with Crippen LogP contribution in [-0.2, 0) is 0 Å². The Labute approximate surface area is 118 Å². The van der Waals surface area contributed by atoms with Gasteiger partial charge in [-0.2, -0.15) is 0 Å². The number of nitrogens with two attached hydrogens (primary N) is 1. The maximum absolute atomic E-state index is 6.19. The predicted octanol–water partition coefficient (Wildman–Crippen LogP) is 3.90. The molecule has 0 aliphatic heterocycles. The number of benzene rings is 1. The topological polar surface area (TPSA) is 35.2 Å². The van der Waals surface area contributed by atoms with E-state index in [0.29, 0.717) is 5.92 Å². The van der Waals surface area contributed by atoms with Gasteiger partial charge in [0.05, 0.1) is 4.47 Å².